The number of anilines is 1. The molecular formula is C25H27N7O4S. The number of benzene rings is 1. The van der Waals surface area contributed by atoms with Crippen LogP contribution in [0.3, 0.4) is 0 Å². The molecule has 2 saturated heterocycles. The van der Waals surface area contributed by atoms with Crippen molar-refractivity contribution < 1.29 is 18.3 Å². The third-order valence-electron chi connectivity index (χ3n) is 7.55. The summed E-state index contributed by atoms with van der Waals surface area (Å²) in [5.74, 6) is 0.311. The van der Waals surface area contributed by atoms with E-state index in [0.717, 1.165) is 41.6 Å². The molecule has 37 heavy (non-hydrogen) atoms. The van der Waals surface area contributed by atoms with Crippen molar-refractivity contribution in [1.82, 2.24) is 29.5 Å². The second kappa shape index (κ2) is 8.67. The molecule has 12 heteroatoms. The van der Waals surface area contributed by atoms with Gasteiger partial charge in [-0.25, -0.2) is 18.4 Å². The van der Waals surface area contributed by atoms with Gasteiger partial charge in [0, 0.05) is 47.8 Å². The van der Waals surface area contributed by atoms with Crippen LogP contribution in [0.4, 0.5) is 5.82 Å². The van der Waals surface area contributed by atoms with Crippen LogP contribution in [0.15, 0.2) is 47.8 Å². The minimum absolute atomic E-state index is 0.00541. The molecular weight excluding hydrogens is 494 g/mol. The first-order valence-corrected chi connectivity index (χ1v) is 14.0. The lowest BCUT2D eigenvalue weighted by atomic mass is 9.87. The molecule has 4 N–H and O–H groups in total. The number of carbonyl (C=O) groups is 1. The van der Waals surface area contributed by atoms with E-state index >= 15 is 0 Å². The van der Waals surface area contributed by atoms with Gasteiger partial charge in [0.2, 0.25) is 5.91 Å². The molecule has 5 heterocycles. The van der Waals surface area contributed by atoms with E-state index in [4.69, 9.17) is 10.7 Å². The van der Waals surface area contributed by atoms with E-state index in [1.165, 1.54) is 4.52 Å². The smallest absolute Gasteiger partial charge is 0.248 e. The van der Waals surface area contributed by atoms with Crippen molar-refractivity contribution in [3.05, 3.63) is 48.5 Å². The molecule has 192 valence electrons. The van der Waals surface area contributed by atoms with Crippen LogP contribution in [0, 0.1) is 0 Å². The van der Waals surface area contributed by atoms with Gasteiger partial charge in [-0.1, -0.05) is 24.3 Å². The number of aromatic amines is 1. The molecule has 0 radical (unpaired) electrons. The monoisotopic (exact) mass is 521 g/mol. The molecule has 2 fully saturated rings. The van der Waals surface area contributed by atoms with Crippen molar-refractivity contribution in [2.24, 2.45) is 0 Å². The number of sulfone groups is 1. The number of nitrogens with two attached hydrogens (primary N) is 1. The number of imidazole rings is 1. The predicted molar refractivity (Wildman–Crippen MR) is 136 cm³/mol. The summed E-state index contributed by atoms with van der Waals surface area (Å²) in [5, 5.41) is 13.8. The zero-order chi connectivity index (χ0) is 25.9. The molecule has 2 aliphatic heterocycles. The van der Waals surface area contributed by atoms with Gasteiger partial charge in [-0.3, -0.25) is 4.79 Å². The van der Waals surface area contributed by atoms with Crippen molar-refractivity contribution in [2.75, 3.05) is 18.6 Å². The van der Waals surface area contributed by atoms with Crippen LogP contribution in [0.25, 0.3) is 28.2 Å². The van der Waals surface area contributed by atoms with Crippen molar-refractivity contribution in [3.8, 4) is 22.5 Å². The molecule has 0 unspecified atom stereocenters. The molecule has 0 saturated carbocycles. The number of aliphatic hydroxyl groups is 1. The van der Waals surface area contributed by atoms with Crippen LogP contribution >= 0.6 is 0 Å². The van der Waals surface area contributed by atoms with Gasteiger partial charge in [0.1, 0.15) is 23.1 Å². The number of aromatic nitrogens is 5. The minimum Gasteiger partial charge on any atom is -0.387 e. The summed E-state index contributed by atoms with van der Waals surface area (Å²) < 4.78 is 27.2. The summed E-state index contributed by atoms with van der Waals surface area (Å²) in [6, 6.07) is 7.64. The summed E-state index contributed by atoms with van der Waals surface area (Å²) in [4.78, 5) is 26.3. The molecule has 1 amide bonds. The molecule has 2 bridgehead atoms. The van der Waals surface area contributed by atoms with E-state index in [9.17, 15) is 18.3 Å². The summed E-state index contributed by atoms with van der Waals surface area (Å²) >= 11 is 0. The van der Waals surface area contributed by atoms with Crippen molar-refractivity contribution >= 4 is 27.2 Å². The summed E-state index contributed by atoms with van der Waals surface area (Å²) in [6.07, 6.45) is 8.99. The summed E-state index contributed by atoms with van der Waals surface area (Å²) in [7, 11) is -3.72. The standard InChI is InChI=1S/C25H27N7O4S/c1-37(35,36)22-21(16-10-17-6-7-18(11-16)31(17)20(34)13-33)30-25-19(12-29-32(25)23(22)26)14-2-4-15(5-3-14)24-27-8-9-28-24/h2-5,8-9,12,16-18,33H,6-7,10-11,13,26H2,1H3,(H,27,28)/t16-,17+,18-. The Morgan fingerprint density at radius 2 is 1.84 bits per heavy atom. The molecule has 4 aromatic rings. The van der Waals surface area contributed by atoms with E-state index in [2.05, 4.69) is 15.1 Å². The Labute approximate surface area is 213 Å². The largest absolute Gasteiger partial charge is 0.387 e. The number of aliphatic hydroxyl groups excluding tert-OH is 1. The highest BCUT2D eigenvalue weighted by atomic mass is 32.2. The van der Waals surface area contributed by atoms with E-state index in [0.29, 0.717) is 24.2 Å². The van der Waals surface area contributed by atoms with Crippen molar-refractivity contribution in [1.29, 1.82) is 0 Å². The predicted octanol–water partition coefficient (Wildman–Crippen LogP) is 2.00. The lowest BCUT2D eigenvalue weighted by Crippen LogP contribution is -2.47. The number of rotatable bonds is 5. The van der Waals surface area contributed by atoms with Gasteiger partial charge in [-0.2, -0.15) is 9.61 Å². The Balaban J connectivity index is 1.45. The zero-order valence-corrected chi connectivity index (χ0v) is 21.0. The minimum atomic E-state index is -3.72. The fourth-order valence-corrected chi connectivity index (χ4v) is 7.06. The number of nitrogens with one attached hydrogen (secondary N) is 1. The number of carbonyl (C=O) groups excluding carboxylic acids is 1. The molecule has 2 aliphatic rings. The molecule has 3 aromatic heterocycles. The normalized spacial score (nSPS) is 21.6. The zero-order valence-electron chi connectivity index (χ0n) is 20.2. The molecule has 0 aliphatic carbocycles. The Kier molecular flexibility index (Phi) is 5.53. The molecule has 0 spiro atoms. The number of fused-ring (bicyclic) bond motifs is 3. The van der Waals surface area contributed by atoms with Crippen LogP contribution in [0.5, 0.6) is 0 Å². The van der Waals surface area contributed by atoms with E-state index in [-0.39, 0.29) is 34.6 Å². The van der Waals surface area contributed by atoms with Gasteiger partial charge in [-0.15, -0.1) is 0 Å². The summed E-state index contributed by atoms with van der Waals surface area (Å²) in [6.45, 7) is -0.526. The third kappa shape index (κ3) is 3.87. The van der Waals surface area contributed by atoms with E-state index < -0.39 is 16.4 Å². The fourth-order valence-electron chi connectivity index (χ4n) is 6.00. The fraction of sp³-hybridized carbons (Fsp3) is 0.360. The number of nitrogen functional groups attached to an aromatic ring is 1. The summed E-state index contributed by atoms with van der Waals surface area (Å²) in [5.41, 5.74) is 9.87. The SMILES string of the molecule is CS(=O)(=O)c1c([C@H]2C[C@H]3CC[C@@H](C2)N3C(=O)CO)nc2c(-c3ccc(-c4ncc[nH]4)cc3)cnn2c1N. The first-order valence-electron chi connectivity index (χ1n) is 12.2. The van der Waals surface area contributed by atoms with Crippen LogP contribution in [0.2, 0.25) is 0 Å². The second-order valence-corrected chi connectivity index (χ2v) is 11.8. The lowest BCUT2D eigenvalue weighted by Gasteiger charge is -2.39. The van der Waals surface area contributed by atoms with Gasteiger partial charge in [0.05, 0.1) is 11.9 Å². The molecule has 1 aromatic carbocycles. The van der Waals surface area contributed by atoms with Gasteiger partial charge in [-0.05, 0) is 31.2 Å². The molecule has 3 atom stereocenters. The van der Waals surface area contributed by atoms with Gasteiger partial charge in [0.25, 0.3) is 0 Å². The average Bonchev–Trinajstić information content (AvgIpc) is 3.61. The number of piperidine rings is 1. The van der Waals surface area contributed by atoms with Crippen LogP contribution in [-0.2, 0) is 14.6 Å². The highest BCUT2D eigenvalue weighted by Gasteiger charge is 2.45. The average molecular weight is 522 g/mol. The van der Waals surface area contributed by atoms with Crippen molar-refractivity contribution in [2.45, 2.75) is 48.6 Å². The maximum absolute atomic E-state index is 12.9. The lowest BCUT2D eigenvalue weighted by molar-refractivity contribution is -0.138. The highest BCUT2D eigenvalue weighted by molar-refractivity contribution is 7.91. The van der Waals surface area contributed by atoms with Gasteiger partial charge >= 0.3 is 0 Å². The maximum atomic E-state index is 12.9. The second-order valence-electron chi connectivity index (χ2n) is 9.80. The number of hydrogen-bond donors (Lipinski definition) is 3. The van der Waals surface area contributed by atoms with E-state index in [1.807, 2.05) is 24.3 Å². The Hall–Kier alpha value is -3.77. The van der Waals surface area contributed by atoms with Gasteiger partial charge < -0.3 is 20.7 Å². The Morgan fingerprint density at radius 1 is 1.16 bits per heavy atom. The molecule has 6 rings (SSSR count). The van der Waals surface area contributed by atoms with Crippen LogP contribution < -0.4 is 5.73 Å². The number of H-pyrrole nitrogens is 1. The van der Waals surface area contributed by atoms with Crippen molar-refractivity contribution in [3.63, 3.8) is 0 Å². The first kappa shape index (κ1) is 23.6. The van der Waals surface area contributed by atoms with Gasteiger partial charge in [0.15, 0.2) is 15.5 Å². The maximum Gasteiger partial charge on any atom is 0.248 e. The quantitative estimate of drug-likeness (QED) is 0.359. The molecule has 11 nitrogen and oxygen atoms in total. The Morgan fingerprint density at radius 3 is 2.43 bits per heavy atom. The van der Waals surface area contributed by atoms with Crippen LogP contribution in [-0.4, -0.2) is 73.8 Å². The number of hydrogen-bond acceptors (Lipinski definition) is 8. The number of amides is 1. The first-order chi connectivity index (χ1) is 17.8. The van der Waals surface area contributed by atoms with Crippen LogP contribution in [0.1, 0.15) is 37.3 Å². The third-order valence-corrected chi connectivity index (χ3v) is 8.70. The van der Waals surface area contributed by atoms with E-state index in [1.54, 1.807) is 23.5 Å². The topological polar surface area (TPSA) is 160 Å². The number of nitrogens with zero attached hydrogens (tertiary/aromatic N) is 5. The Bertz CT molecular complexity index is 1580. The highest BCUT2D eigenvalue weighted by Crippen LogP contribution is 2.45.